The number of H-pyrrole nitrogens is 1. The second kappa shape index (κ2) is 5.03. The van der Waals surface area contributed by atoms with Crippen LogP contribution in [0, 0.1) is 10.7 Å². The zero-order valence-corrected chi connectivity index (χ0v) is 11.6. The van der Waals surface area contributed by atoms with E-state index in [0.717, 1.165) is 53.4 Å². The van der Waals surface area contributed by atoms with Crippen LogP contribution in [0.2, 0.25) is 5.02 Å². The van der Waals surface area contributed by atoms with Gasteiger partial charge in [0.15, 0.2) is 4.77 Å². The van der Waals surface area contributed by atoms with Gasteiger partial charge in [-0.3, -0.25) is 0 Å². The molecule has 1 aromatic carbocycles. The number of aromatic amines is 1. The summed E-state index contributed by atoms with van der Waals surface area (Å²) in [5.74, 6) is 0.642. The predicted octanol–water partition coefficient (Wildman–Crippen LogP) is 3.78. The van der Waals surface area contributed by atoms with Gasteiger partial charge in [0.25, 0.3) is 0 Å². The molecule has 5 heteroatoms. The lowest BCUT2D eigenvalue weighted by molar-refractivity contribution is 0.0615. The standard InChI is InChI=1S/C13H15ClN2OS/c14-10-1-2-11-12(7-10)16(13(18)15-11)8-9-3-5-17-6-4-9/h1-2,7,9H,3-6,8H2,(H,15,18). The summed E-state index contributed by atoms with van der Waals surface area (Å²) in [7, 11) is 0. The largest absolute Gasteiger partial charge is 0.381 e. The SMILES string of the molecule is S=c1[nH]c2ccc(Cl)cc2n1CC1CCOCC1. The molecule has 1 aliphatic heterocycles. The van der Waals surface area contributed by atoms with Gasteiger partial charge in [-0.05, 0) is 49.2 Å². The zero-order valence-electron chi connectivity index (χ0n) is 9.99. The van der Waals surface area contributed by atoms with Crippen LogP contribution in [0.3, 0.4) is 0 Å². The molecular formula is C13H15ClN2OS. The van der Waals surface area contributed by atoms with Gasteiger partial charge in [0.2, 0.25) is 0 Å². The van der Waals surface area contributed by atoms with Gasteiger partial charge in [0.1, 0.15) is 0 Å². The summed E-state index contributed by atoms with van der Waals surface area (Å²) in [5, 5.41) is 0.747. The number of nitrogens with zero attached hydrogens (tertiary/aromatic N) is 1. The van der Waals surface area contributed by atoms with E-state index in [9.17, 15) is 0 Å². The second-order valence-electron chi connectivity index (χ2n) is 4.76. The first kappa shape index (κ1) is 12.2. The Kier molecular flexibility index (Phi) is 3.41. The summed E-state index contributed by atoms with van der Waals surface area (Å²) in [6.07, 6.45) is 2.21. The van der Waals surface area contributed by atoms with Crippen molar-refractivity contribution in [3.63, 3.8) is 0 Å². The van der Waals surface area contributed by atoms with Crippen molar-refractivity contribution in [2.75, 3.05) is 13.2 Å². The van der Waals surface area contributed by atoms with Crippen LogP contribution in [0.25, 0.3) is 11.0 Å². The van der Waals surface area contributed by atoms with Crippen LogP contribution in [0.4, 0.5) is 0 Å². The highest BCUT2D eigenvalue weighted by molar-refractivity contribution is 7.71. The molecule has 0 spiro atoms. The van der Waals surface area contributed by atoms with Gasteiger partial charge in [0, 0.05) is 24.8 Å². The Morgan fingerprint density at radius 3 is 2.94 bits per heavy atom. The molecule has 2 aromatic rings. The Balaban J connectivity index is 1.97. The molecular weight excluding hydrogens is 268 g/mol. The number of imidazole rings is 1. The lowest BCUT2D eigenvalue weighted by Gasteiger charge is -2.22. The van der Waals surface area contributed by atoms with Crippen molar-refractivity contribution in [3.8, 4) is 0 Å². The average molecular weight is 283 g/mol. The molecule has 0 amide bonds. The maximum Gasteiger partial charge on any atom is 0.178 e. The molecule has 1 N–H and O–H groups in total. The lowest BCUT2D eigenvalue weighted by Crippen LogP contribution is -2.20. The first-order valence-corrected chi connectivity index (χ1v) is 6.98. The van der Waals surface area contributed by atoms with Crippen LogP contribution >= 0.6 is 23.8 Å². The van der Waals surface area contributed by atoms with Gasteiger partial charge >= 0.3 is 0 Å². The third kappa shape index (κ3) is 2.32. The van der Waals surface area contributed by atoms with Gasteiger partial charge in [-0.25, -0.2) is 0 Å². The fraction of sp³-hybridized carbons (Fsp3) is 0.462. The molecule has 3 nitrogen and oxygen atoms in total. The highest BCUT2D eigenvalue weighted by Crippen LogP contribution is 2.23. The maximum atomic E-state index is 6.06. The second-order valence-corrected chi connectivity index (χ2v) is 5.58. The third-order valence-electron chi connectivity index (χ3n) is 3.52. The summed E-state index contributed by atoms with van der Waals surface area (Å²) in [4.78, 5) is 3.23. The highest BCUT2D eigenvalue weighted by Gasteiger charge is 2.16. The highest BCUT2D eigenvalue weighted by atomic mass is 35.5. The van der Waals surface area contributed by atoms with Crippen molar-refractivity contribution in [1.82, 2.24) is 9.55 Å². The van der Waals surface area contributed by atoms with E-state index in [0.29, 0.717) is 5.92 Å². The Bertz CT molecular complexity index is 613. The van der Waals surface area contributed by atoms with Gasteiger partial charge in [0.05, 0.1) is 11.0 Å². The number of halogens is 1. The average Bonchev–Trinajstić information content (AvgIpc) is 2.67. The van der Waals surface area contributed by atoms with Crippen molar-refractivity contribution in [2.24, 2.45) is 5.92 Å². The molecule has 18 heavy (non-hydrogen) atoms. The van der Waals surface area contributed by atoms with Gasteiger partial charge in [-0.2, -0.15) is 0 Å². The predicted molar refractivity (Wildman–Crippen MR) is 75.7 cm³/mol. The number of benzene rings is 1. The van der Waals surface area contributed by atoms with Crippen LogP contribution in [0.5, 0.6) is 0 Å². The molecule has 0 radical (unpaired) electrons. The topological polar surface area (TPSA) is 29.9 Å². The molecule has 0 saturated carbocycles. The third-order valence-corrected chi connectivity index (χ3v) is 4.08. The van der Waals surface area contributed by atoms with Crippen molar-refractivity contribution in [2.45, 2.75) is 19.4 Å². The molecule has 2 heterocycles. The Morgan fingerprint density at radius 2 is 2.17 bits per heavy atom. The Morgan fingerprint density at radius 1 is 1.39 bits per heavy atom. The summed E-state index contributed by atoms with van der Waals surface area (Å²) >= 11 is 11.5. The van der Waals surface area contributed by atoms with E-state index < -0.39 is 0 Å². The van der Waals surface area contributed by atoms with Gasteiger partial charge in [-0.15, -0.1) is 0 Å². The van der Waals surface area contributed by atoms with E-state index in [1.165, 1.54) is 0 Å². The quantitative estimate of drug-likeness (QED) is 0.850. The van der Waals surface area contributed by atoms with Gasteiger partial charge in [-0.1, -0.05) is 11.6 Å². The Labute approximate surface area is 116 Å². The van der Waals surface area contributed by atoms with Crippen molar-refractivity contribution in [1.29, 1.82) is 0 Å². The molecule has 0 aliphatic carbocycles. The number of nitrogens with one attached hydrogen (secondary N) is 1. The molecule has 1 fully saturated rings. The first-order chi connectivity index (χ1) is 8.74. The number of rotatable bonds is 2. The molecule has 3 rings (SSSR count). The van der Waals surface area contributed by atoms with Crippen molar-refractivity contribution in [3.05, 3.63) is 28.0 Å². The lowest BCUT2D eigenvalue weighted by atomic mass is 10.0. The van der Waals surface area contributed by atoms with Crippen LogP contribution in [0.15, 0.2) is 18.2 Å². The fourth-order valence-corrected chi connectivity index (χ4v) is 2.94. The van der Waals surface area contributed by atoms with E-state index in [2.05, 4.69) is 9.55 Å². The molecule has 1 aromatic heterocycles. The molecule has 1 aliphatic rings. The summed E-state index contributed by atoms with van der Waals surface area (Å²) in [6.45, 7) is 2.67. The van der Waals surface area contributed by atoms with E-state index in [4.69, 9.17) is 28.6 Å². The fourth-order valence-electron chi connectivity index (χ4n) is 2.49. The minimum Gasteiger partial charge on any atom is -0.381 e. The minimum absolute atomic E-state index is 0.642. The zero-order chi connectivity index (χ0) is 12.5. The Hall–Kier alpha value is -0.840. The number of hydrogen-bond acceptors (Lipinski definition) is 2. The van der Waals surface area contributed by atoms with Crippen LogP contribution in [-0.2, 0) is 11.3 Å². The van der Waals surface area contributed by atoms with E-state index >= 15 is 0 Å². The van der Waals surface area contributed by atoms with Crippen molar-refractivity contribution >= 4 is 34.9 Å². The van der Waals surface area contributed by atoms with E-state index in [1.807, 2.05) is 18.2 Å². The first-order valence-electron chi connectivity index (χ1n) is 6.20. The maximum absolute atomic E-state index is 6.06. The smallest absolute Gasteiger partial charge is 0.178 e. The van der Waals surface area contributed by atoms with Gasteiger partial charge < -0.3 is 14.3 Å². The van der Waals surface area contributed by atoms with Crippen LogP contribution < -0.4 is 0 Å². The normalized spacial score (nSPS) is 17.4. The van der Waals surface area contributed by atoms with E-state index in [-0.39, 0.29) is 0 Å². The number of hydrogen-bond donors (Lipinski definition) is 1. The number of ether oxygens (including phenoxy) is 1. The van der Waals surface area contributed by atoms with Crippen LogP contribution in [0.1, 0.15) is 12.8 Å². The number of aromatic nitrogens is 2. The monoisotopic (exact) mass is 282 g/mol. The molecule has 0 unspecified atom stereocenters. The minimum atomic E-state index is 0.642. The summed E-state index contributed by atoms with van der Waals surface area (Å²) < 4.78 is 8.33. The number of fused-ring (bicyclic) bond motifs is 1. The summed E-state index contributed by atoms with van der Waals surface area (Å²) in [5.41, 5.74) is 2.15. The molecule has 0 atom stereocenters. The van der Waals surface area contributed by atoms with E-state index in [1.54, 1.807) is 0 Å². The molecule has 1 saturated heterocycles. The molecule has 96 valence electrons. The van der Waals surface area contributed by atoms with Crippen LogP contribution in [-0.4, -0.2) is 22.8 Å². The molecule has 0 bridgehead atoms. The summed E-state index contributed by atoms with van der Waals surface area (Å²) in [6, 6.07) is 5.84. The van der Waals surface area contributed by atoms with Crippen molar-refractivity contribution < 1.29 is 4.74 Å².